The third kappa shape index (κ3) is 6.93. The maximum absolute atomic E-state index is 14.0. The van der Waals surface area contributed by atoms with E-state index in [1.807, 2.05) is 34.5 Å². The zero-order valence-corrected chi connectivity index (χ0v) is 25.9. The number of nitrogens with zero attached hydrogens (tertiary/aromatic N) is 4. The minimum atomic E-state index is -0.905. The van der Waals surface area contributed by atoms with Crippen molar-refractivity contribution >= 4 is 51.1 Å². The summed E-state index contributed by atoms with van der Waals surface area (Å²) in [5.74, 6) is -1.32. The Hall–Kier alpha value is -3.71. The average molecular weight is 669 g/mol. The lowest BCUT2D eigenvalue weighted by Crippen LogP contribution is -2.51. The number of ether oxygens (including phenoxy) is 1. The molecule has 0 saturated carbocycles. The predicted molar refractivity (Wildman–Crippen MR) is 167 cm³/mol. The van der Waals surface area contributed by atoms with Crippen molar-refractivity contribution in [1.82, 2.24) is 20.1 Å². The number of thiazole rings is 1. The molecule has 1 aromatic heterocycles. The maximum Gasteiger partial charge on any atom is 0.338 e. The van der Waals surface area contributed by atoms with Gasteiger partial charge in [-0.05, 0) is 35.7 Å². The van der Waals surface area contributed by atoms with Crippen molar-refractivity contribution in [2.24, 2.45) is 4.99 Å². The molecule has 12 heteroatoms. The second-order valence-electron chi connectivity index (χ2n) is 10.0. The number of esters is 1. The van der Waals surface area contributed by atoms with E-state index >= 15 is 0 Å². The van der Waals surface area contributed by atoms with E-state index in [0.29, 0.717) is 70.4 Å². The highest BCUT2D eigenvalue weighted by molar-refractivity contribution is 9.10. The molecule has 224 valence electrons. The van der Waals surface area contributed by atoms with Gasteiger partial charge in [0.05, 0.1) is 12.2 Å². The van der Waals surface area contributed by atoms with E-state index in [4.69, 9.17) is 9.73 Å². The number of aromatic nitrogens is 1. The van der Waals surface area contributed by atoms with Crippen LogP contribution in [-0.4, -0.2) is 77.0 Å². The summed E-state index contributed by atoms with van der Waals surface area (Å²) >= 11 is 4.87. The average Bonchev–Trinajstić information content (AvgIpc) is 3.53. The van der Waals surface area contributed by atoms with E-state index in [0.717, 1.165) is 5.56 Å². The molecule has 5 rings (SSSR count). The highest BCUT2D eigenvalue weighted by atomic mass is 79.9. The molecule has 2 N–H and O–H groups in total. The number of carboxylic acid groups (broad SMARTS) is 1. The van der Waals surface area contributed by atoms with Crippen LogP contribution in [0.2, 0.25) is 0 Å². The molecule has 9 nitrogen and oxygen atoms in total. The number of rotatable bonds is 10. The third-order valence-corrected chi connectivity index (χ3v) is 8.86. The standard InChI is InChI=1S/C31H31BrFN5O4S/c1-3-19-5-7-20(8-6-19)27(30(39)40)38-14-12-37(13-15-38)18-24-25(31(41)42-4-2)26(22-10-9-21(33)17-23(22)32)36-28(35-24)29-34-11-16-43-29/h3,5-11,16-17,26-27H,1,4,12-15,18H2,2H3,(H,35,36)(H,39,40). The number of benzene rings is 2. The minimum Gasteiger partial charge on any atom is -0.480 e. The number of halogens is 2. The second kappa shape index (κ2) is 13.7. The Balaban J connectivity index is 1.43. The highest BCUT2D eigenvalue weighted by Gasteiger charge is 2.36. The van der Waals surface area contributed by atoms with E-state index < -0.39 is 29.8 Å². The van der Waals surface area contributed by atoms with Gasteiger partial charge in [0.2, 0.25) is 0 Å². The van der Waals surface area contributed by atoms with Gasteiger partial charge in [-0.25, -0.2) is 14.2 Å². The largest absolute Gasteiger partial charge is 0.480 e. The number of amidine groups is 1. The first kappa shape index (κ1) is 30.7. The number of carbonyl (C=O) groups is 2. The lowest BCUT2D eigenvalue weighted by Gasteiger charge is -2.39. The Morgan fingerprint density at radius 3 is 2.58 bits per heavy atom. The van der Waals surface area contributed by atoms with Crippen molar-refractivity contribution in [1.29, 1.82) is 0 Å². The van der Waals surface area contributed by atoms with Gasteiger partial charge in [0, 0.05) is 54.5 Å². The number of hydrogen-bond donors (Lipinski definition) is 2. The van der Waals surface area contributed by atoms with Crippen molar-refractivity contribution in [2.75, 3.05) is 39.3 Å². The molecule has 3 heterocycles. The summed E-state index contributed by atoms with van der Waals surface area (Å²) in [6.07, 6.45) is 3.40. The number of nitrogens with one attached hydrogen (secondary N) is 1. The summed E-state index contributed by atoms with van der Waals surface area (Å²) < 4.78 is 20.0. The van der Waals surface area contributed by atoms with Gasteiger partial charge in [0.1, 0.15) is 17.9 Å². The molecule has 2 unspecified atom stereocenters. The van der Waals surface area contributed by atoms with E-state index in [-0.39, 0.29) is 6.61 Å². The summed E-state index contributed by atoms with van der Waals surface area (Å²) in [6.45, 7) is 8.23. The number of aliphatic imine (C=N–C) groups is 1. The maximum atomic E-state index is 14.0. The van der Waals surface area contributed by atoms with Crippen LogP contribution >= 0.6 is 27.3 Å². The van der Waals surface area contributed by atoms with Gasteiger partial charge in [-0.2, -0.15) is 0 Å². The third-order valence-electron chi connectivity index (χ3n) is 7.39. The number of aliphatic carboxylic acids is 1. The molecular formula is C31H31BrFN5O4S. The quantitative estimate of drug-likeness (QED) is 0.290. The van der Waals surface area contributed by atoms with E-state index in [2.05, 4.69) is 37.7 Å². The van der Waals surface area contributed by atoms with Crippen LogP contribution < -0.4 is 5.32 Å². The second-order valence-corrected chi connectivity index (χ2v) is 11.8. The Kier molecular flexibility index (Phi) is 9.81. The number of piperazine rings is 1. The SMILES string of the molecule is C=Cc1ccc(C(C(=O)O)N2CCN(CC3=C(C(=O)OCC)C(c4ccc(F)cc4Br)N=C(c4nccs4)N3)CC2)cc1. The topological polar surface area (TPSA) is 107 Å². The molecule has 0 bridgehead atoms. The molecule has 1 saturated heterocycles. The van der Waals surface area contributed by atoms with Gasteiger partial charge in [0.25, 0.3) is 0 Å². The zero-order valence-electron chi connectivity index (χ0n) is 23.5. The van der Waals surface area contributed by atoms with Crippen LogP contribution in [0.15, 0.2) is 81.4 Å². The van der Waals surface area contributed by atoms with Crippen molar-refractivity contribution in [3.8, 4) is 0 Å². The number of hydrogen-bond acceptors (Lipinski definition) is 9. The van der Waals surface area contributed by atoms with Crippen LogP contribution in [0.3, 0.4) is 0 Å². The summed E-state index contributed by atoms with van der Waals surface area (Å²) in [7, 11) is 0. The van der Waals surface area contributed by atoms with Crippen LogP contribution in [0.1, 0.15) is 40.7 Å². The smallest absolute Gasteiger partial charge is 0.338 e. The number of carboxylic acids is 1. The van der Waals surface area contributed by atoms with Crippen molar-refractivity contribution in [3.63, 3.8) is 0 Å². The summed E-state index contributed by atoms with van der Waals surface area (Å²) in [6, 6.07) is 10.2. The van der Waals surface area contributed by atoms with Gasteiger partial charge in [-0.3, -0.25) is 19.6 Å². The summed E-state index contributed by atoms with van der Waals surface area (Å²) in [5.41, 5.74) is 3.21. The van der Waals surface area contributed by atoms with Crippen LogP contribution in [0.5, 0.6) is 0 Å². The monoisotopic (exact) mass is 667 g/mol. The fraction of sp³-hybridized carbons (Fsp3) is 0.290. The molecule has 1 fully saturated rings. The van der Waals surface area contributed by atoms with Gasteiger partial charge in [0.15, 0.2) is 10.8 Å². The lowest BCUT2D eigenvalue weighted by molar-refractivity contribution is -0.144. The lowest BCUT2D eigenvalue weighted by atomic mass is 9.95. The summed E-state index contributed by atoms with van der Waals surface area (Å²) in [4.78, 5) is 39.1. The Bertz CT molecular complexity index is 1550. The Labute approximate surface area is 261 Å². The fourth-order valence-electron chi connectivity index (χ4n) is 5.29. The molecule has 2 aliphatic rings. The first-order valence-corrected chi connectivity index (χ1v) is 15.5. The highest BCUT2D eigenvalue weighted by Crippen LogP contribution is 2.37. The molecule has 43 heavy (non-hydrogen) atoms. The summed E-state index contributed by atoms with van der Waals surface area (Å²) in [5, 5.41) is 15.9. The first-order valence-electron chi connectivity index (χ1n) is 13.8. The van der Waals surface area contributed by atoms with E-state index in [9.17, 15) is 19.1 Å². The number of carbonyl (C=O) groups excluding carboxylic acids is 1. The Morgan fingerprint density at radius 1 is 1.23 bits per heavy atom. The predicted octanol–water partition coefficient (Wildman–Crippen LogP) is 5.04. The molecule has 0 amide bonds. The molecule has 2 aliphatic heterocycles. The van der Waals surface area contributed by atoms with Crippen LogP contribution in [0, 0.1) is 5.82 Å². The van der Waals surface area contributed by atoms with Gasteiger partial charge in [-0.1, -0.05) is 58.9 Å². The first-order chi connectivity index (χ1) is 20.8. The molecule has 0 aliphatic carbocycles. The molecule has 2 aromatic carbocycles. The fourth-order valence-corrected chi connectivity index (χ4v) is 6.45. The molecule has 0 spiro atoms. The molecule has 0 radical (unpaired) electrons. The van der Waals surface area contributed by atoms with Gasteiger partial charge in [-0.15, -0.1) is 11.3 Å². The van der Waals surface area contributed by atoms with Crippen LogP contribution in [0.25, 0.3) is 6.08 Å². The van der Waals surface area contributed by atoms with Crippen molar-refractivity contribution in [3.05, 3.63) is 104 Å². The normalized spacial score (nSPS) is 18.5. The van der Waals surface area contributed by atoms with Crippen LogP contribution in [0.4, 0.5) is 4.39 Å². The van der Waals surface area contributed by atoms with Crippen LogP contribution in [-0.2, 0) is 14.3 Å². The van der Waals surface area contributed by atoms with Gasteiger partial charge < -0.3 is 15.2 Å². The zero-order chi connectivity index (χ0) is 30.5. The minimum absolute atomic E-state index is 0.180. The Morgan fingerprint density at radius 2 is 1.98 bits per heavy atom. The van der Waals surface area contributed by atoms with Crippen molar-refractivity contribution < 1.29 is 23.8 Å². The molecule has 3 aromatic rings. The molecule has 2 atom stereocenters. The van der Waals surface area contributed by atoms with E-state index in [1.54, 1.807) is 25.3 Å². The van der Waals surface area contributed by atoms with Gasteiger partial charge >= 0.3 is 11.9 Å². The van der Waals surface area contributed by atoms with E-state index in [1.165, 1.54) is 23.5 Å². The van der Waals surface area contributed by atoms with Crippen molar-refractivity contribution in [2.45, 2.75) is 19.0 Å². The molecular weight excluding hydrogens is 637 g/mol.